The Morgan fingerprint density at radius 1 is 1.09 bits per heavy atom. The second-order valence-electron chi connectivity index (χ2n) is 4.91. The van der Waals surface area contributed by atoms with Crippen molar-refractivity contribution in [2.45, 2.75) is 0 Å². The molecule has 0 amide bonds. The molecule has 1 heterocycles. The summed E-state index contributed by atoms with van der Waals surface area (Å²) in [6.07, 6.45) is 0. The zero-order chi connectivity index (χ0) is 16.4. The second kappa shape index (κ2) is 6.26. The van der Waals surface area contributed by atoms with Crippen LogP contribution in [0.5, 0.6) is 5.75 Å². The molecular formula is C18H14ClNO3. The Balaban J connectivity index is 2.34. The summed E-state index contributed by atoms with van der Waals surface area (Å²) < 4.78 is 10.2. The van der Waals surface area contributed by atoms with E-state index >= 15 is 0 Å². The molecule has 0 bridgehead atoms. The molecule has 3 aromatic rings. The maximum absolute atomic E-state index is 11.9. The molecule has 5 heteroatoms. The van der Waals surface area contributed by atoms with Crippen LogP contribution in [-0.2, 0) is 4.74 Å². The maximum atomic E-state index is 11.9. The number of nitrogens with zero attached hydrogens (tertiary/aromatic N) is 1. The summed E-state index contributed by atoms with van der Waals surface area (Å²) in [7, 11) is 2.90. The summed E-state index contributed by atoms with van der Waals surface area (Å²) in [5.41, 5.74) is 2.64. The fourth-order valence-corrected chi connectivity index (χ4v) is 2.59. The van der Waals surface area contributed by atoms with Crippen LogP contribution in [0.15, 0.2) is 48.5 Å². The minimum absolute atomic E-state index is 0.231. The summed E-state index contributed by atoms with van der Waals surface area (Å²) >= 11 is 5.96. The molecule has 0 saturated heterocycles. The van der Waals surface area contributed by atoms with Gasteiger partial charge in [0.1, 0.15) is 17.0 Å². The molecule has 0 saturated carbocycles. The SMILES string of the molecule is COC(=O)c1cc(-c2ccc(Cl)cc2)c2cccc(OC)c2n1. The number of ether oxygens (including phenoxy) is 2. The molecule has 0 atom stereocenters. The maximum Gasteiger partial charge on any atom is 0.356 e. The van der Waals surface area contributed by atoms with Crippen LogP contribution in [-0.4, -0.2) is 25.2 Å². The van der Waals surface area contributed by atoms with E-state index in [0.717, 1.165) is 16.5 Å². The zero-order valence-corrected chi connectivity index (χ0v) is 13.4. The van der Waals surface area contributed by atoms with Gasteiger partial charge >= 0.3 is 5.97 Å². The highest BCUT2D eigenvalue weighted by molar-refractivity contribution is 6.30. The Morgan fingerprint density at radius 3 is 2.48 bits per heavy atom. The highest BCUT2D eigenvalue weighted by Gasteiger charge is 2.15. The molecule has 0 N–H and O–H groups in total. The molecule has 4 nitrogen and oxygen atoms in total. The molecule has 0 aliphatic carbocycles. The Labute approximate surface area is 138 Å². The van der Waals surface area contributed by atoms with Crippen molar-refractivity contribution < 1.29 is 14.3 Å². The molecule has 1 aromatic heterocycles. The van der Waals surface area contributed by atoms with Gasteiger partial charge in [-0.1, -0.05) is 35.9 Å². The van der Waals surface area contributed by atoms with Gasteiger partial charge in [0.15, 0.2) is 0 Å². The molecule has 3 rings (SSSR count). The van der Waals surface area contributed by atoms with Crippen LogP contribution in [0.3, 0.4) is 0 Å². The highest BCUT2D eigenvalue weighted by Crippen LogP contribution is 2.33. The smallest absolute Gasteiger partial charge is 0.356 e. The molecule has 0 unspecified atom stereocenters. The lowest BCUT2D eigenvalue weighted by Crippen LogP contribution is -2.05. The highest BCUT2D eigenvalue weighted by atomic mass is 35.5. The lowest BCUT2D eigenvalue weighted by Gasteiger charge is -2.11. The van der Waals surface area contributed by atoms with E-state index in [1.165, 1.54) is 7.11 Å². The van der Waals surface area contributed by atoms with Gasteiger partial charge in [-0.3, -0.25) is 0 Å². The van der Waals surface area contributed by atoms with Crippen LogP contribution in [0.4, 0.5) is 0 Å². The number of para-hydroxylation sites is 1. The summed E-state index contributed by atoms with van der Waals surface area (Å²) in [4.78, 5) is 16.3. The molecule has 0 fully saturated rings. The first-order valence-electron chi connectivity index (χ1n) is 6.96. The van der Waals surface area contributed by atoms with E-state index in [-0.39, 0.29) is 5.69 Å². The lowest BCUT2D eigenvalue weighted by molar-refractivity contribution is 0.0594. The molecule has 0 spiro atoms. The van der Waals surface area contributed by atoms with Gasteiger partial charge in [0.05, 0.1) is 14.2 Å². The topological polar surface area (TPSA) is 48.4 Å². The largest absolute Gasteiger partial charge is 0.494 e. The van der Waals surface area contributed by atoms with Crippen molar-refractivity contribution >= 4 is 28.5 Å². The molecule has 0 radical (unpaired) electrons. The van der Waals surface area contributed by atoms with Crippen LogP contribution in [0.2, 0.25) is 5.02 Å². The number of methoxy groups -OCH3 is 2. The minimum atomic E-state index is -0.493. The number of halogens is 1. The Kier molecular flexibility index (Phi) is 4.17. The zero-order valence-electron chi connectivity index (χ0n) is 12.7. The number of carbonyl (C=O) groups excluding carboxylic acids is 1. The van der Waals surface area contributed by atoms with Gasteiger partial charge in [0.2, 0.25) is 0 Å². The lowest BCUT2D eigenvalue weighted by atomic mass is 10.00. The second-order valence-corrected chi connectivity index (χ2v) is 5.35. The van der Waals surface area contributed by atoms with Crippen LogP contribution in [0, 0.1) is 0 Å². The first-order chi connectivity index (χ1) is 11.1. The van der Waals surface area contributed by atoms with Crippen molar-refractivity contribution in [3.63, 3.8) is 0 Å². The predicted octanol–water partition coefficient (Wildman–Crippen LogP) is 4.35. The predicted molar refractivity (Wildman–Crippen MR) is 90.1 cm³/mol. The monoisotopic (exact) mass is 327 g/mol. The molecular weight excluding hydrogens is 314 g/mol. The number of fused-ring (bicyclic) bond motifs is 1. The summed E-state index contributed by atoms with van der Waals surface area (Å²) in [6, 6.07) is 14.8. The number of aromatic nitrogens is 1. The van der Waals surface area contributed by atoms with Gasteiger partial charge in [-0.2, -0.15) is 0 Å². The van der Waals surface area contributed by atoms with Gasteiger partial charge < -0.3 is 9.47 Å². The van der Waals surface area contributed by atoms with Crippen molar-refractivity contribution in [1.82, 2.24) is 4.98 Å². The van der Waals surface area contributed by atoms with E-state index < -0.39 is 5.97 Å². The molecule has 2 aromatic carbocycles. The normalized spacial score (nSPS) is 10.6. The standard InChI is InChI=1S/C18H14ClNO3/c1-22-16-5-3-4-13-14(11-6-8-12(19)9-7-11)10-15(18(21)23-2)20-17(13)16/h3-10H,1-2H3. The fourth-order valence-electron chi connectivity index (χ4n) is 2.46. The van der Waals surface area contributed by atoms with Crippen molar-refractivity contribution in [2.75, 3.05) is 14.2 Å². The van der Waals surface area contributed by atoms with E-state index in [1.807, 2.05) is 30.3 Å². The first-order valence-corrected chi connectivity index (χ1v) is 7.34. The third-order valence-corrected chi connectivity index (χ3v) is 3.82. The third kappa shape index (κ3) is 2.85. The molecule has 0 aliphatic heterocycles. The van der Waals surface area contributed by atoms with Crippen LogP contribution < -0.4 is 4.74 Å². The average Bonchev–Trinajstić information content (AvgIpc) is 2.60. The van der Waals surface area contributed by atoms with Crippen molar-refractivity contribution in [3.8, 4) is 16.9 Å². The molecule has 0 aliphatic rings. The van der Waals surface area contributed by atoms with Crippen LogP contribution in [0.25, 0.3) is 22.0 Å². The summed E-state index contributed by atoms with van der Waals surface area (Å²) in [6.45, 7) is 0. The van der Waals surface area contributed by atoms with E-state index in [0.29, 0.717) is 16.3 Å². The summed E-state index contributed by atoms with van der Waals surface area (Å²) in [5, 5.41) is 1.54. The molecule has 23 heavy (non-hydrogen) atoms. The average molecular weight is 328 g/mol. The molecule has 116 valence electrons. The van der Waals surface area contributed by atoms with Gasteiger partial charge in [0.25, 0.3) is 0 Å². The van der Waals surface area contributed by atoms with Gasteiger partial charge in [-0.25, -0.2) is 9.78 Å². The van der Waals surface area contributed by atoms with Crippen LogP contribution in [0.1, 0.15) is 10.5 Å². The van der Waals surface area contributed by atoms with Gasteiger partial charge in [-0.05, 0) is 35.4 Å². The first kappa shape index (κ1) is 15.3. The number of hydrogen-bond acceptors (Lipinski definition) is 4. The van der Waals surface area contributed by atoms with Crippen molar-refractivity contribution in [2.24, 2.45) is 0 Å². The minimum Gasteiger partial charge on any atom is -0.494 e. The Hall–Kier alpha value is -2.59. The van der Waals surface area contributed by atoms with E-state index in [1.54, 1.807) is 25.3 Å². The number of pyridine rings is 1. The number of hydrogen-bond donors (Lipinski definition) is 0. The Bertz CT molecular complexity index is 875. The van der Waals surface area contributed by atoms with Crippen molar-refractivity contribution in [3.05, 3.63) is 59.2 Å². The number of rotatable bonds is 3. The number of esters is 1. The van der Waals surface area contributed by atoms with E-state index in [9.17, 15) is 4.79 Å². The number of carbonyl (C=O) groups is 1. The van der Waals surface area contributed by atoms with E-state index in [2.05, 4.69) is 4.98 Å². The fraction of sp³-hybridized carbons (Fsp3) is 0.111. The number of benzene rings is 2. The Morgan fingerprint density at radius 2 is 1.83 bits per heavy atom. The van der Waals surface area contributed by atoms with Crippen LogP contribution >= 0.6 is 11.6 Å². The van der Waals surface area contributed by atoms with Crippen molar-refractivity contribution in [1.29, 1.82) is 0 Å². The van der Waals surface area contributed by atoms with Gasteiger partial charge in [-0.15, -0.1) is 0 Å². The van der Waals surface area contributed by atoms with Gasteiger partial charge in [0, 0.05) is 10.4 Å². The third-order valence-electron chi connectivity index (χ3n) is 3.57. The quantitative estimate of drug-likeness (QED) is 0.671. The van der Waals surface area contributed by atoms with E-state index in [4.69, 9.17) is 21.1 Å². The summed E-state index contributed by atoms with van der Waals surface area (Å²) in [5.74, 6) is 0.108.